The maximum Gasteiger partial charge on any atom is 0.248 e. The molecule has 0 saturated carbocycles. The first-order valence-corrected chi connectivity index (χ1v) is 6.91. The van der Waals surface area contributed by atoms with Crippen LogP contribution in [0.2, 0.25) is 0 Å². The molecule has 6 heteroatoms. The third kappa shape index (κ3) is 2.53. The second-order valence-corrected chi connectivity index (χ2v) is 5.65. The van der Waals surface area contributed by atoms with E-state index in [9.17, 15) is 9.59 Å². The van der Waals surface area contributed by atoms with Crippen LogP contribution in [-0.2, 0) is 16.1 Å². The summed E-state index contributed by atoms with van der Waals surface area (Å²) in [4.78, 5) is 30.9. The molecule has 1 aromatic heterocycles. The summed E-state index contributed by atoms with van der Waals surface area (Å²) >= 11 is 1.52. The van der Waals surface area contributed by atoms with Gasteiger partial charge in [0.25, 0.3) is 0 Å². The van der Waals surface area contributed by atoms with Crippen molar-refractivity contribution in [2.24, 2.45) is 0 Å². The average Bonchev–Trinajstić information content (AvgIpc) is 2.82. The first-order chi connectivity index (χ1) is 8.55. The van der Waals surface area contributed by atoms with Crippen molar-refractivity contribution in [3.8, 4) is 0 Å². The minimum absolute atomic E-state index is 0.00995. The first kappa shape index (κ1) is 13.0. The lowest BCUT2D eigenvalue weighted by molar-refractivity contribution is -0.138. The molecule has 1 atom stereocenters. The fourth-order valence-electron chi connectivity index (χ4n) is 2.01. The molecule has 0 radical (unpaired) electrons. The zero-order valence-electron chi connectivity index (χ0n) is 10.6. The van der Waals surface area contributed by atoms with Gasteiger partial charge in [0.2, 0.25) is 11.8 Å². The molecule has 1 aromatic rings. The van der Waals surface area contributed by atoms with E-state index in [1.807, 2.05) is 6.92 Å². The molecule has 1 aliphatic rings. The molecule has 1 unspecified atom stereocenters. The first-order valence-electron chi connectivity index (χ1n) is 6.03. The van der Waals surface area contributed by atoms with Gasteiger partial charge in [-0.15, -0.1) is 11.3 Å². The maximum absolute atomic E-state index is 12.5. The molecule has 0 bridgehead atoms. The number of nitrogens with one attached hydrogen (secondary N) is 1. The van der Waals surface area contributed by atoms with E-state index in [0.29, 0.717) is 25.9 Å². The predicted molar refractivity (Wildman–Crippen MR) is 69.0 cm³/mol. The Kier molecular flexibility index (Phi) is 3.65. The van der Waals surface area contributed by atoms with Crippen molar-refractivity contribution in [2.45, 2.75) is 38.8 Å². The van der Waals surface area contributed by atoms with Crippen LogP contribution in [0.4, 0.5) is 0 Å². The Bertz CT molecular complexity index is 446. The molecule has 0 aromatic carbocycles. The second kappa shape index (κ2) is 5.06. The molecule has 1 N–H and O–H groups in total. The molecule has 98 valence electrons. The largest absolute Gasteiger partial charge is 0.342 e. The fraction of sp³-hybridized carbons (Fsp3) is 0.583. The quantitative estimate of drug-likeness (QED) is 0.894. The highest BCUT2D eigenvalue weighted by atomic mass is 32.1. The molecule has 0 aliphatic carbocycles. The van der Waals surface area contributed by atoms with E-state index < -0.39 is 5.54 Å². The SMILES string of the molecule is CCC1(C)NC(=O)CCN(Cc2cncs2)C1=O. The Balaban J connectivity index is 2.19. The molecule has 2 heterocycles. The second-order valence-electron chi connectivity index (χ2n) is 4.68. The van der Waals surface area contributed by atoms with Gasteiger partial charge in [-0.2, -0.15) is 0 Å². The Morgan fingerprint density at radius 3 is 2.94 bits per heavy atom. The molecule has 0 spiro atoms. The van der Waals surface area contributed by atoms with Gasteiger partial charge < -0.3 is 10.2 Å². The van der Waals surface area contributed by atoms with Crippen LogP contribution in [0.5, 0.6) is 0 Å². The number of hydrogen-bond acceptors (Lipinski definition) is 4. The highest BCUT2D eigenvalue weighted by Crippen LogP contribution is 2.20. The van der Waals surface area contributed by atoms with E-state index in [2.05, 4.69) is 10.3 Å². The Hall–Kier alpha value is -1.43. The molecule has 2 rings (SSSR count). The number of thiazole rings is 1. The van der Waals surface area contributed by atoms with Gasteiger partial charge in [0.15, 0.2) is 0 Å². The van der Waals surface area contributed by atoms with Crippen molar-refractivity contribution < 1.29 is 9.59 Å². The summed E-state index contributed by atoms with van der Waals surface area (Å²) in [5, 5.41) is 2.82. The zero-order chi connectivity index (χ0) is 13.2. The van der Waals surface area contributed by atoms with E-state index in [0.717, 1.165) is 4.88 Å². The van der Waals surface area contributed by atoms with Crippen molar-refractivity contribution in [2.75, 3.05) is 6.54 Å². The number of rotatable bonds is 3. The van der Waals surface area contributed by atoms with E-state index in [-0.39, 0.29) is 11.8 Å². The topological polar surface area (TPSA) is 62.3 Å². The number of aromatic nitrogens is 1. The highest BCUT2D eigenvalue weighted by molar-refractivity contribution is 7.09. The number of hydrogen-bond donors (Lipinski definition) is 1. The summed E-state index contributed by atoms with van der Waals surface area (Å²) < 4.78 is 0. The van der Waals surface area contributed by atoms with Crippen molar-refractivity contribution >= 4 is 23.2 Å². The summed E-state index contributed by atoms with van der Waals surface area (Å²) in [5.74, 6) is -0.0660. The van der Waals surface area contributed by atoms with Crippen molar-refractivity contribution in [3.63, 3.8) is 0 Å². The van der Waals surface area contributed by atoms with Gasteiger partial charge in [-0.1, -0.05) is 6.92 Å². The van der Waals surface area contributed by atoms with E-state index >= 15 is 0 Å². The van der Waals surface area contributed by atoms with Crippen LogP contribution >= 0.6 is 11.3 Å². The fourth-order valence-corrected chi connectivity index (χ4v) is 2.62. The standard InChI is InChI=1S/C12H17N3O2S/c1-3-12(2)11(17)15(5-4-10(16)14-12)7-9-6-13-8-18-9/h6,8H,3-5,7H2,1-2H3,(H,14,16). The third-order valence-electron chi connectivity index (χ3n) is 3.32. The molecule has 18 heavy (non-hydrogen) atoms. The third-order valence-corrected chi connectivity index (χ3v) is 4.08. The Labute approximate surface area is 110 Å². The predicted octanol–water partition coefficient (Wildman–Crippen LogP) is 1.16. The zero-order valence-corrected chi connectivity index (χ0v) is 11.4. The van der Waals surface area contributed by atoms with Crippen LogP contribution in [-0.4, -0.2) is 33.8 Å². The minimum atomic E-state index is -0.779. The van der Waals surface area contributed by atoms with E-state index in [1.54, 1.807) is 23.5 Å². The van der Waals surface area contributed by atoms with E-state index in [1.165, 1.54) is 11.3 Å². The lowest BCUT2D eigenvalue weighted by Gasteiger charge is -2.30. The maximum atomic E-state index is 12.5. The van der Waals surface area contributed by atoms with Crippen molar-refractivity contribution in [3.05, 3.63) is 16.6 Å². The number of carbonyl (C=O) groups excluding carboxylic acids is 2. The van der Waals surface area contributed by atoms with Crippen LogP contribution < -0.4 is 5.32 Å². The number of carbonyl (C=O) groups is 2. The lowest BCUT2D eigenvalue weighted by atomic mass is 9.97. The molecule has 1 saturated heterocycles. The summed E-state index contributed by atoms with van der Waals surface area (Å²) in [6.45, 7) is 4.71. The van der Waals surface area contributed by atoms with Gasteiger partial charge in [-0.25, -0.2) is 0 Å². The molecule has 1 fully saturated rings. The molecule has 1 aliphatic heterocycles. The van der Waals surface area contributed by atoms with Crippen LogP contribution in [0, 0.1) is 0 Å². The minimum Gasteiger partial charge on any atom is -0.342 e. The van der Waals surface area contributed by atoms with Gasteiger partial charge in [-0.3, -0.25) is 14.6 Å². The van der Waals surface area contributed by atoms with Gasteiger partial charge in [0, 0.05) is 24.0 Å². The molecule has 5 nitrogen and oxygen atoms in total. The monoisotopic (exact) mass is 267 g/mol. The van der Waals surface area contributed by atoms with Gasteiger partial charge in [0.1, 0.15) is 5.54 Å². The molecular formula is C12H17N3O2S. The molecular weight excluding hydrogens is 250 g/mol. The van der Waals surface area contributed by atoms with E-state index in [4.69, 9.17) is 0 Å². The number of amides is 2. The highest BCUT2D eigenvalue weighted by Gasteiger charge is 2.39. The van der Waals surface area contributed by atoms with Crippen molar-refractivity contribution in [1.82, 2.24) is 15.2 Å². The smallest absolute Gasteiger partial charge is 0.248 e. The van der Waals surface area contributed by atoms with Crippen LogP contribution in [0.15, 0.2) is 11.7 Å². The lowest BCUT2D eigenvalue weighted by Crippen LogP contribution is -2.54. The molecule has 2 amide bonds. The average molecular weight is 267 g/mol. The summed E-state index contributed by atoms with van der Waals surface area (Å²) in [6.07, 6.45) is 2.72. The normalized spacial score (nSPS) is 24.9. The van der Waals surface area contributed by atoms with Crippen LogP contribution in [0.1, 0.15) is 31.6 Å². The summed E-state index contributed by atoms with van der Waals surface area (Å²) in [6, 6.07) is 0. The summed E-state index contributed by atoms with van der Waals surface area (Å²) in [7, 11) is 0. The Morgan fingerprint density at radius 1 is 1.56 bits per heavy atom. The van der Waals surface area contributed by atoms with Gasteiger partial charge in [0.05, 0.1) is 12.1 Å². The number of nitrogens with zero attached hydrogens (tertiary/aromatic N) is 2. The van der Waals surface area contributed by atoms with Gasteiger partial charge in [-0.05, 0) is 13.3 Å². The van der Waals surface area contributed by atoms with Gasteiger partial charge >= 0.3 is 0 Å². The van der Waals surface area contributed by atoms with Crippen LogP contribution in [0.3, 0.4) is 0 Å². The Morgan fingerprint density at radius 2 is 2.33 bits per heavy atom. The van der Waals surface area contributed by atoms with Crippen LogP contribution in [0.25, 0.3) is 0 Å². The van der Waals surface area contributed by atoms with Crippen molar-refractivity contribution in [1.29, 1.82) is 0 Å². The summed E-state index contributed by atoms with van der Waals surface area (Å²) in [5.41, 5.74) is 0.971.